The summed E-state index contributed by atoms with van der Waals surface area (Å²) in [4.78, 5) is 25.9. The minimum Gasteiger partial charge on any atom is -0.466 e. The van der Waals surface area contributed by atoms with Gasteiger partial charge in [0, 0.05) is 5.41 Å². The minimum absolute atomic E-state index is 0.000973. The molecule has 4 heteroatoms. The van der Waals surface area contributed by atoms with Crippen molar-refractivity contribution in [3.8, 4) is 0 Å². The average Bonchev–Trinajstić information content (AvgIpc) is 2.72. The number of esters is 1. The first-order valence-electron chi connectivity index (χ1n) is 10.5. The quantitative estimate of drug-likeness (QED) is 0.446. The SMILES string of the molecule is CCOC(=O)[C@]1(C)CCC[C@@]2(C)[C@@H]3CC[C@@]4(C)C[C@]3(CC[C@@H]21)[C@H](Br)C4=O. The summed E-state index contributed by atoms with van der Waals surface area (Å²) in [6.07, 6.45) is 8.53. The van der Waals surface area contributed by atoms with Crippen LogP contribution in [0.1, 0.15) is 79.1 Å². The number of hydrogen-bond acceptors (Lipinski definition) is 3. The molecule has 7 atom stereocenters. The lowest BCUT2D eigenvalue weighted by Crippen LogP contribution is -2.60. The van der Waals surface area contributed by atoms with Crippen LogP contribution in [0.5, 0.6) is 0 Å². The number of Topliss-reactive ketones (excluding diaryl/α,β-unsaturated/α-hetero) is 1. The Morgan fingerprint density at radius 1 is 1.12 bits per heavy atom. The standard InChI is InChI=1S/C22H33BrO3/c1-5-26-18(25)21(4)10-6-9-20(3)14(21)8-12-22-13-19(2,11-7-15(20)22)17(24)16(22)23/h14-16H,5-13H2,1-4H3/t14-,15-,16+,19-,20+,21+,22-/m0/s1. The van der Waals surface area contributed by atoms with Crippen LogP contribution in [0, 0.1) is 33.5 Å². The molecule has 146 valence electrons. The van der Waals surface area contributed by atoms with Crippen LogP contribution >= 0.6 is 15.9 Å². The van der Waals surface area contributed by atoms with Crippen LogP contribution in [0.3, 0.4) is 0 Å². The first-order valence-corrected chi connectivity index (χ1v) is 11.4. The lowest BCUT2D eigenvalue weighted by atomic mass is 9.40. The monoisotopic (exact) mass is 424 g/mol. The Morgan fingerprint density at radius 3 is 2.50 bits per heavy atom. The van der Waals surface area contributed by atoms with Gasteiger partial charge in [0.25, 0.3) is 0 Å². The minimum atomic E-state index is -0.365. The normalized spacial score (nSPS) is 53.0. The van der Waals surface area contributed by atoms with E-state index in [2.05, 4.69) is 36.7 Å². The first kappa shape index (κ1) is 19.0. The van der Waals surface area contributed by atoms with Gasteiger partial charge < -0.3 is 4.74 Å². The van der Waals surface area contributed by atoms with E-state index < -0.39 is 0 Å². The Hall–Kier alpha value is -0.380. The smallest absolute Gasteiger partial charge is 0.312 e. The van der Waals surface area contributed by atoms with Gasteiger partial charge in [0.1, 0.15) is 0 Å². The second kappa shape index (κ2) is 5.81. The van der Waals surface area contributed by atoms with E-state index in [4.69, 9.17) is 4.74 Å². The highest BCUT2D eigenvalue weighted by Crippen LogP contribution is 2.74. The Morgan fingerprint density at radius 2 is 1.81 bits per heavy atom. The van der Waals surface area contributed by atoms with Gasteiger partial charge in [-0.1, -0.05) is 36.2 Å². The number of carbonyl (C=O) groups is 2. The highest BCUT2D eigenvalue weighted by Gasteiger charge is 2.71. The molecule has 4 saturated carbocycles. The predicted octanol–water partition coefficient (Wildman–Crippen LogP) is 5.30. The zero-order valence-corrected chi connectivity index (χ0v) is 18.3. The third kappa shape index (κ3) is 2.17. The Bertz CT molecular complexity index is 647. The number of rotatable bonds is 2. The van der Waals surface area contributed by atoms with Crippen LogP contribution in [0.15, 0.2) is 0 Å². The maximum Gasteiger partial charge on any atom is 0.312 e. The maximum absolute atomic E-state index is 13.0. The van der Waals surface area contributed by atoms with Gasteiger partial charge in [-0.05, 0) is 81.5 Å². The zero-order chi connectivity index (χ0) is 19.0. The van der Waals surface area contributed by atoms with Crippen LogP contribution in [0.2, 0.25) is 0 Å². The molecule has 0 aromatic carbocycles. The lowest BCUT2D eigenvalue weighted by Gasteiger charge is -2.64. The zero-order valence-electron chi connectivity index (χ0n) is 16.7. The molecule has 0 N–H and O–H groups in total. The molecule has 1 spiro atoms. The van der Waals surface area contributed by atoms with Gasteiger partial charge in [-0.2, -0.15) is 0 Å². The van der Waals surface area contributed by atoms with Crippen LogP contribution in [0.25, 0.3) is 0 Å². The Labute approximate surface area is 166 Å². The Balaban J connectivity index is 1.74. The second-order valence-electron chi connectivity index (χ2n) is 10.4. The number of alkyl halides is 1. The summed E-state index contributed by atoms with van der Waals surface area (Å²) < 4.78 is 5.53. The molecule has 0 heterocycles. The maximum atomic E-state index is 13.0. The summed E-state index contributed by atoms with van der Waals surface area (Å²) in [6, 6.07) is 0. The van der Waals surface area contributed by atoms with Gasteiger partial charge in [0.15, 0.2) is 5.78 Å². The van der Waals surface area contributed by atoms with Gasteiger partial charge >= 0.3 is 5.97 Å². The van der Waals surface area contributed by atoms with E-state index in [0.29, 0.717) is 24.2 Å². The van der Waals surface area contributed by atoms with E-state index in [9.17, 15) is 9.59 Å². The van der Waals surface area contributed by atoms with Crippen molar-refractivity contribution in [2.24, 2.45) is 33.5 Å². The van der Waals surface area contributed by atoms with Gasteiger partial charge in [-0.25, -0.2) is 0 Å². The molecular formula is C22H33BrO3. The van der Waals surface area contributed by atoms with Crippen molar-refractivity contribution in [2.75, 3.05) is 6.61 Å². The van der Waals surface area contributed by atoms with Gasteiger partial charge in [-0.15, -0.1) is 0 Å². The molecule has 0 radical (unpaired) electrons. The van der Waals surface area contributed by atoms with Crippen LogP contribution in [-0.4, -0.2) is 23.2 Å². The van der Waals surface area contributed by atoms with Crippen molar-refractivity contribution in [2.45, 2.75) is 83.9 Å². The summed E-state index contributed by atoms with van der Waals surface area (Å²) >= 11 is 3.86. The number of ketones is 1. The molecule has 0 aromatic heterocycles. The summed E-state index contributed by atoms with van der Waals surface area (Å²) in [6.45, 7) is 9.14. The predicted molar refractivity (Wildman–Crippen MR) is 105 cm³/mol. The van der Waals surface area contributed by atoms with Crippen molar-refractivity contribution in [1.82, 2.24) is 0 Å². The topological polar surface area (TPSA) is 43.4 Å². The molecular weight excluding hydrogens is 392 g/mol. The van der Waals surface area contributed by atoms with E-state index in [1.165, 1.54) is 6.42 Å². The number of fused-ring (bicyclic) bond motifs is 3. The fourth-order valence-electron chi connectivity index (χ4n) is 8.04. The first-order chi connectivity index (χ1) is 12.1. The van der Waals surface area contributed by atoms with Gasteiger partial charge in [-0.3, -0.25) is 9.59 Å². The van der Waals surface area contributed by atoms with E-state index in [1.807, 2.05) is 6.92 Å². The molecule has 4 fully saturated rings. The number of halogens is 1. The number of ether oxygens (including phenoxy) is 1. The molecule has 4 aliphatic carbocycles. The van der Waals surface area contributed by atoms with E-state index in [-0.39, 0.29) is 32.5 Å². The van der Waals surface area contributed by atoms with E-state index in [0.717, 1.165) is 44.9 Å². The largest absolute Gasteiger partial charge is 0.466 e. The summed E-state index contributed by atoms with van der Waals surface area (Å²) in [5.74, 6) is 1.35. The van der Waals surface area contributed by atoms with Crippen molar-refractivity contribution < 1.29 is 14.3 Å². The fraction of sp³-hybridized carbons (Fsp3) is 0.909. The molecule has 26 heavy (non-hydrogen) atoms. The number of hydrogen-bond donors (Lipinski definition) is 0. The Kier molecular flexibility index (Phi) is 4.24. The van der Waals surface area contributed by atoms with Crippen molar-refractivity contribution >= 4 is 27.7 Å². The van der Waals surface area contributed by atoms with Crippen molar-refractivity contribution in [1.29, 1.82) is 0 Å². The summed E-state index contributed by atoms with van der Waals surface area (Å²) in [5.41, 5.74) is -0.263. The highest BCUT2D eigenvalue weighted by molar-refractivity contribution is 9.10. The number of carbonyl (C=O) groups excluding carboxylic acids is 2. The third-order valence-corrected chi connectivity index (χ3v) is 10.5. The molecule has 2 bridgehead atoms. The molecule has 4 rings (SSSR count). The molecule has 3 nitrogen and oxygen atoms in total. The van der Waals surface area contributed by atoms with E-state index in [1.54, 1.807) is 0 Å². The van der Waals surface area contributed by atoms with Crippen LogP contribution in [0.4, 0.5) is 0 Å². The fourth-order valence-corrected chi connectivity index (χ4v) is 9.30. The average molecular weight is 425 g/mol. The van der Waals surface area contributed by atoms with Gasteiger partial charge in [0.2, 0.25) is 0 Å². The molecule has 0 amide bonds. The van der Waals surface area contributed by atoms with Crippen LogP contribution < -0.4 is 0 Å². The summed E-state index contributed by atoms with van der Waals surface area (Å²) in [7, 11) is 0. The third-order valence-electron chi connectivity index (χ3n) is 9.14. The highest BCUT2D eigenvalue weighted by atomic mass is 79.9. The molecule has 0 aliphatic heterocycles. The molecule has 0 unspecified atom stereocenters. The van der Waals surface area contributed by atoms with Gasteiger partial charge in [0.05, 0.1) is 16.8 Å². The lowest BCUT2D eigenvalue weighted by molar-refractivity contribution is -0.186. The van der Waals surface area contributed by atoms with Crippen LogP contribution in [-0.2, 0) is 14.3 Å². The molecule has 0 aromatic rings. The second-order valence-corrected chi connectivity index (χ2v) is 11.3. The molecule has 4 aliphatic rings. The molecule has 0 saturated heterocycles. The van der Waals surface area contributed by atoms with Crippen molar-refractivity contribution in [3.05, 3.63) is 0 Å². The summed E-state index contributed by atoms with van der Waals surface area (Å²) in [5, 5.41) is 0. The van der Waals surface area contributed by atoms with E-state index >= 15 is 0 Å². The van der Waals surface area contributed by atoms with Crippen molar-refractivity contribution in [3.63, 3.8) is 0 Å².